The standard InChI is InChI=1S/C13H22N2O3S/c1-4-5-10-6-12(17)15-13(14-10)19-8-11(16)7-18-9(2)3/h6,9,11,16H,4-5,7-8H2,1-3H3,(H,14,15,17). The van der Waals surface area contributed by atoms with Crippen LogP contribution in [0.1, 0.15) is 32.9 Å². The van der Waals surface area contributed by atoms with E-state index in [1.54, 1.807) is 0 Å². The first kappa shape index (κ1) is 16.2. The molecule has 0 aromatic carbocycles. The van der Waals surface area contributed by atoms with E-state index in [2.05, 4.69) is 9.97 Å². The first-order valence-corrected chi connectivity index (χ1v) is 7.52. The average molecular weight is 286 g/mol. The van der Waals surface area contributed by atoms with Gasteiger partial charge in [0.25, 0.3) is 5.56 Å². The minimum Gasteiger partial charge on any atom is -0.390 e. The lowest BCUT2D eigenvalue weighted by Gasteiger charge is -2.12. The van der Waals surface area contributed by atoms with E-state index in [1.165, 1.54) is 17.8 Å². The summed E-state index contributed by atoms with van der Waals surface area (Å²) in [4.78, 5) is 18.5. The number of thioether (sulfide) groups is 1. The molecular formula is C13H22N2O3S. The van der Waals surface area contributed by atoms with E-state index in [-0.39, 0.29) is 11.7 Å². The maximum absolute atomic E-state index is 11.4. The Morgan fingerprint density at radius 3 is 2.89 bits per heavy atom. The van der Waals surface area contributed by atoms with Crippen molar-refractivity contribution in [1.82, 2.24) is 9.97 Å². The van der Waals surface area contributed by atoms with Gasteiger partial charge in [-0.1, -0.05) is 25.1 Å². The normalized spacial score (nSPS) is 12.9. The highest BCUT2D eigenvalue weighted by Crippen LogP contribution is 2.13. The average Bonchev–Trinajstić information content (AvgIpc) is 2.33. The number of aromatic amines is 1. The Kier molecular flexibility index (Phi) is 7.12. The van der Waals surface area contributed by atoms with Gasteiger partial charge in [0.1, 0.15) is 0 Å². The summed E-state index contributed by atoms with van der Waals surface area (Å²) in [6.07, 6.45) is 1.28. The van der Waals surface area contributed by atoms with Crippen molar-refractivity contribution in [2.75, 3.05) is 12.4 Å². The Morgan fingerprint density at radius 2 is 2.26 bits per heavy atom. The molecule has 0 spiro atoms. The minimum atomic E-state index is -0.562. The van der Waals surface area contributed by atoms with E-state index in [4.69, 9.17) is 4.74 Å². The van der Waals surface area contributed by atoms with Crippen LogP contribution in [0.25, 0.3) is 0 Å². The fraction of sp³-hybridized carbons (Fsp3) is 0.692. The van der Waals surface area contributed by atoms with Crippen LogP contribution in [0.5, 0.6) is 0 Å². The van der Waals surface area contributed by atoms with E-state index < -0.39 is 6.10 Å². The maximum Gasteiger partial charge on any atom is 0.251 e. The molecule has 5 nitrogen and oxygen atoms in total. The molecule has 6 heteroatoms. The second-order valence-electron chi connectivity index (χ2n) is 4.64. The summed E-state index contributed by atoms with van der Waals surface area (Å²) < 4.78 is 5.32. The third-order valence-electron chi connectivity index (χ3n) is 2.31. The molecule has 0 saturated carbocycles. The number of aliphatic hydroxyl groups excluding tert-OH is 1. The Hall–Kier alpha value is -0.850. The van der Waals surface area contributed by atoms with Crippen molar-refractivity contribution in [3.63, 3.8) is 0 Å². The first-order chi connectivity index (χ1) is 9.01. The SMILES string of the molecule is CCCc1cc(=O)[nH]c(SCC(O)COC(C)C)n1. The van der Waals surface area contributed by atoms with Gasteiger partial charge in [0.2, 0.25) is 0 Å². The highest BCUT2D eigenvalue weighted by molar-refractivity contribution is 7.99. The Labute approximate surface area is 117 Å². The zero-order valence-corrected chi connectivity index (χ0v) is 12.5. The molecule has 0 aliphatic carbocycles. The number of H-pyrrole nitrogens is 1. The van der Waals surface area contributed by atoms with E-state index in [0.29, 0.717) is 17.5 Å². The number of hydrogen-bond donors (Lipinski definition) is 2. The highest BCUT2D eigenvalue weighted by Gasteiger charge is 2.08. The van der Waals surface area contributed by atoms with Crippen LogP contribution < -0.4 is 5.56 Å². The van der Waals surface area contributed by atoms with Crippen LogP contribution in [0.15, 0.2) is 16.0 Å². The predicted molar refractivity (Wildman–Crippen MR) is 76.7 cm³/mol. The van der Waals surface area contributed by atoms with Gasteiger partial charge in [0, 0.05) is 17.5 Å². The molecule has 1 unspecified atom stereocenters. The number of aliphatic hydroxyl groups is 1. The van der Waals surface area contributed by atoms with Gasteiger partial charge in [-0.05, 0) is 20.3 Å². The molecule has 1 aromatic heterocycles. The number of nitrogens with zero attached hydrogens (tertiary/aromatic N) is 1. The molecule has 1 atom stereocenters. The number of rotatable bonds is 8. The molecular weight excluding hydrogens is 264 g/mol. The quantitative estimate of drug-likeness (QED) is 0.561. The van der Waals surface area contributed by atoms with Crippen LogP contribution in [-0.2, 0) is 11.2 Å². The predicted octanol–water partition coefficient (Wildman–Crippen LogP) is 1.60. The molecule has 108 valence electrons. The molecule has 1 rings (SSSR count). The van der Waals surface area contributed by atoms with Crippen molar-refractivity contribution in [2.45, 2.75) is 51.0 Å². The molecule has 0 fully saturated rings. The lowest BCUT2D eigenvalue weighted by molar-refractivity contribution is 0.0152. The van der Waals surface area contributed by atoms with E-state index in [0.717, 1.165) is 18.5 Å². The molecule has 19 heavy (non-hydrogen) atoms. The summed E-state index contributed by atoms with van der Waals surface area (Å²) in [5, 5.41) is 10.3. The van der Waals surface area contributed by atoms with Crippen LogP contribution in [0, 0.1) is 0 Å². The van der Waals surface area contributed by atoms with Gasteiger partial charge >= 0.3 is 0 Å². The summed E-state index contributed by atoms with van der Waals surface area (Å²) in [6.45, 7) is 6.19. The molecule has 0 amide bonds. The number of aryl methyl sites for hydroxylation is 1. The third-order valence-corrected chi connectivity index (χ3v) is 3.33. The van der Waals surface area contributed by atoms with Crippen LogP contribution in [0.4, 0.5) is 0 Å². The maximum atomic E-state index is 11.4. The second-order valence-corrected chi connectivity index (χ2v) is 5.65. The lowest BCUT2D eigenvalue weighted by atomic mass is 10.2. The topological polar surface area (TPSA) is 75.2 Å². The summed E-state index contributed by atoms with van der Waals surface area (Å²) >= 11 is 1.34. The Balaban J connectivity index is 2.50. The van der Waals surface area contributed by atoms with Crippen molar-refractivity contribution >= 4 is 11.8 Å². The fourth-order valence-electron chi connectivity index (χ4n) is 1.46. The molecule has 2 N–H and O–H groups in total. The molecule has 0 radical (unpaired) electrons. The smallest absolute Gasteiger partial charge is 0.251 e. The monoisotopic (exact) mass is 286 g/mol. The largest absolute Gasteiger partial charge is 0.390 e. The van der Waals surface area contributed by atoms with Gasteiger partial charge in [0.05, 0.1) is 18.8 Å². The second kappa shape index (κ2) is 8.35. The summed E-state index contributed by atoms with van der Waals surface area (Å²) in [5.41, 5.74) is 0.649. The molecule has 0 aliphatic heterocycles. The van der Waals surface area contributed by atoms with Gasteiger partial charge in [-0.3, -0.25) is 4.79 Å². The molecule has 0 aliphatic rings. The fourth-order valence-corrected chi connectivity index (χ4v) is 2.26. The van der Waals surface area contributed by atoms with Crippen molar-refractivity contribution in [1.29, 1.82) is 0 Å². The Morgan fingerprint density at radius 1 is 1.53 bits per heavy atom. The number of nitrogens with one attached hydrogen (secondary N) is 1. The molecule has 0 saturated heterocycles. The zero-order chi connectivity index (χ0) is 14.3. The molecule has 1 heterocycles. The lowest BCUT2D eigenvalue weighted by Crippen LogP contribution is -2.21. The van der Waals surface area contributed by atoms with Crippen molar-refractivity contribution in [2.24, 2.45) is 0 Å². The van der Waals surface area contributed by atoms with Crippen LogP contribution in [0.2, 0.25) is 0 Å². The van der Waals surface area contributed by atoms with Gasteiger partial charge in [-0.25, -0.2) is 4.98 Å². The highest BCUT2D eigenvalue weighted by atomic mass is 32.2. The first-order valence-electron chi connectivity index (χ1n) is 6.54. The van der Waals surface area contributed by atoms with Gasteiger partial charge in [-0.15, -0.1) is 0 Å². The van der Waals surface area contributed by atoms with E-state index in [1.807, 2.05) is 20.8 Å². The number of ether oxygens (including phenoxy) is 1. The van der Waals surface area contributed by atoms with Gasteiger partial charge < -0.3 is 14.8 Å². The van der Waals surface area contributed by atoms with E-state index >= 15 is 0 Å². The number of hydrogen-bond acceptors (Lipinski definition) is 5. The summed E-state index contributed by atoms with van der Waals surface area (Å²) in [6, 6.07) is 1.52. The van der Waals surface area contributed by atoms with Gasteiger partial charge in [0.15, 0.2) is 5.16 Å². The third kappa shape index (κ3) is 6.75. The van der Waals surface area contributed by atoms with Crippen LogP contribution in [0.3, 0.4) is 0 Å². The molecule has 1 aromatic rings. The van der Waals surface area contributed by atoms with Crippen LogP contribution >= 0.6 is 11.8 Å². The zero-order valence-electron chi connectivity index (χ0n) is 11.7. The summed E-state index contributed by atoms with van der Waals surface area (Å²) in [5.74, 6) is 0.450. The van der Waals surface area contributed by atoms with Crippen molar-refractivity contribution < 1.29 is 9.84 Å². The summed E-state index contributed by atoms with van der Waals surface area (Å²) in [7, 11) is 0. The number of aromatic nitrogens is 2. The van der Waals surface area contributed by atoms with Crippen molar-refractivity contribution in [3.05, 3.63) is 22.1 Å². The van der Waals surface area contributed by atoms with Crippen molar-refractivity contribution in [3.8, 4) is 0 Å². The van der Waals surface area contributed by atoms with Crippen LogP contribution in [-0.4, -0.2) is 39.6 Å². The molecule has 0 bridgehead atoms. The van der Waals surface area contributed by atoms with Gasteiger partial charge in [-0.2, -0.15) is 0 Å². The minimum absolute atomic E-state index is 0.102. The van der Waals surface area contributed by atoms with E-state index in [9.17, 15) is 9.90 Å². The Bertz CT molecular complexity index is 434.